The Balaban J connectivity index is 2.03. The molecule has 0 amide bonds. The molecule has 0 unspecified atom stereocenters. The fourth-order valence-electron chi connectivity index (χ4n) is 1.65. The van der Waals surface area contributed by atoms with Crippen LogP contribution in [0.1, 0.15) is 5.56 Å². The number of carbonyl (C=O) groups is 1. The van der Waals surface area contributed by atoms with Crippen LogP contribution in [0.3, 0.4) is 0 Å². The Morgan fingerprint density at radius 3 is 2.16 bits per heavy atom. The van der Waals surface area contributed by atoms with E-state index in [1.807, 2.05) is 65.1 Å². The molecule has 0 heterocycles. The summed E-state index contributed by atoms with van der Waals surface area (Å²) in [7, 11) is 0. The second-order valence-corrected chi connectivity index (χ2v) is 5.35. The maximum absolute atomic E-state index is 11.3. The van der Waals surface area contributed by atoms with Gasteiger partial charge in [0.2, 0.25) is 0 Å². The van der Waals surface area contributed by atoms with Gasteiger partial charge in [0.05, 0.1) is 3.58 Å². The summed E-state index contributed by atoms with van der Waals surface area (Å²) in [5, 5.41) is 0. The Kier molecular flexibility index (Phi) is 4.74. The molecule has 0 aromatic heterocycles. The number of halogens is 1. The maximum atomic E-state index is 11.3. The molecule has 2 nitrogen and oxygen atoms in total. The predicted molar refractivity (Wildman–Crippen MR) is 84.8 cm³/mol. The largest absolute Gasteiger partial charge is 0.457 e. The minimum absolute atomic E-state index is 0.274. The first-order valence-corrected chi connectivity index (χ1v) is 6.90. The summed E-state index contributed by atoms with van der Waals surface area (Å²) in [6, 6.07) is 18.1. The van der Waals surface area contributed by atoms with Crippen molar-refractivity contribution in [1.29, 1.82) is 0 Å². The molecule has 0 aliphatic carbocycles. The van der Waals surface area contributed by atoms with E-state index < -0.39 is 0 Å². The highest BCUT2D eigenvalue weighted by Crippen LogP contribution is 2.19. The van der Waals surface area contributed by atoms with E-state index in [0.29, 0.717) is 3.58 Å². The summed E-state index contributed by atoms with van der Waals surface area (Å²) in [4.78, 5) is 11.3. The Morgan fingerprint density at radius 1 is 1.00 bits per heavy atom. The predicted octanol–water partition coefficient (Wildman–Crippen LogP) is 4.35. The van der Waals surface area contributed by atoms with Crippen LogP contribution in [0.15, 0.2) is 64.8 Å². The summed E-state index contributed by atoms with van der Waals surface area (Å²) in [6.07, 6.45) is 0. The van der Waals surface area contributed by atoms with Gasteiger partial charge < -0.3 is 4.74 Å². The second kappa shape index (κ2) is 6.52. The van der Waals surface area contributed by atoms with Crippen LogP contribution in [-0.4, -0.2) is 5.97 Å². The number of rotatable bonds is 4. The number of ether oxygens (including phenoxy) is 1. The number of hydrogen-bond donors (Lipinski definition) is 0. The van der Waals surface area contributed by atoms with Gasteiger partial charge in [-0.1, -0.05) is 61.2 Å². The first-order valence-electron chi connectivity index (χ1n) is 5.83. The van der Waals surface area contributed by atoms with Crippen LogP contribution in [0.2, 0.25) is 0 Å². The third kappa shape index (κ3) is 3.92. The highest BCUT2D eigenvalue weighted by Gasteiger charge is 2.05. The quantitative estimate of drug-likeness (QED) is 0.458. The average molecular weight is 364 g/mol. The van der Waals surface area contributed by atoms with Gasteiger partial charge in [-0.05, 0) is 39.3 Å². The van der Waals surface area contributed by atoms with E-state index in [2.05, 4.69) is 18.7 Å². The molecule has 19 heavy (non-hydrogen) atoms. The van der Waals surface area contributed by atoms with Crippen LogP contribution in [0, 0.1) is 0 Å². The smallest absolute Gasteiger partial charge is 0.344 e. The van der Waals surface area contributed by atoms with E-state index in [-0.39, 0.29) is 12.6 Å². The van der Waals surface area contributed by atoms with Crippen molar-refractivity contribution >= 4 is 28.6 Å². The van der Waals surface area contributed by atoms with Gasteiger partial charge in [-0.2, -0.15) is 0 Å². The second-order valence-electron chi connectivity index (χ2n) is 4.04. The minimum atomic E-state index is -0.368. The molecule has 96 valence electrons. The highest BCUT2D eigenvalue weighted by molar-refractivity contribution is 14.1. The lowest BCUT2D eigenvalue weighted by atomic mass is 10.0. The number of benzene rings is 2. The van der Waals surface area contributed by atoms with Crippen molar-refractivity contribution in [3.8, 4) is 11.1 Å². The third-order valence-corrected chi connectivity index (χ3v) is 3.09. The lowest BCUT2D eigenvalue weighted by molar-refractivity contribution is -0.139. The molecule has 0 atom stereocenters. The van der Waals surface area contributed by atoms with Crippen LogP contribution < -0.4 is 0 Å². The summed E-state index contributed by atoms with van der Waals surface area (Å²) in [5.74, 6) is -0.368. The summed E-state index contributed by atoms with van der Waals surface area (Å²) >= 11 is 1.86. The average Bonchev–Trinajstić information content (AvgIpc) is 2.46. The van der Waals surface area contributed by atoms with E-state index in [1.165, 1.54) is 5.56 Å². The zero-order valence-electron chi connectivity index (χ0n) is 10.3. The molecule has 0 spiro atoms. The van der Waals surface area contributed by atoms with Gasteiger partial charge in [-0.15, -0.1) is 0 Å². The van der Waals surface area contributed by atoms with Crippen LogP contribution in [0.5, 0.6) is 0 Å². The van der Waals surface area contributed by atoms with Crippen molar-refractivity contribution in [2.45, 2.75) is 6.61 Å². The van der Waals surface area contributed by atoms with Gasteiger partial charge in [0.1, 0.15) is 6.61 Å². The molecule has 2 rings (SSSR count). The molecule has 0 aliphatic rings. The fraction of sp³-hybridized carbons (Fsp3) is 0.0625. The van der Waals surface area contributed by atoms with Crippen molar-refractivity contribution in [1.82, 2.24) is 0 Å². The molecule has 2 aromatic rings. The molecule has 0 bridgehead atoms. The summed E-state index contributed by atoms with van der Waals surface area (Å²) in [6.45, 7) is 3.81. The number of hydrogen-bond acceptors (Lipinski definition) is 2. The van der Waals surface area contributed by atoms with Crippen molar-refractivity contribution in [3.05, 3.63) is 70.3 Å². The molecular weight excluding hydrogens is 351 g/mol. The molecule has 2 aromatic carbocycles. The molecule has 0 aliphatic heterocycles. The van der Waals surface area contributed by atoms with E-state index in [1.54, 1.807) is 0 Å². The zero-order valence-corrected chi connectivity index (χ0v) is 12.5. The van der Waals surface area contributed by atoms with Gasteiger partial charge in [-0.25, -0.2) is 4.79 Å². The Labute approximate surface area is 126 Å². The van der Waals surface area contributed by atoms with Crippen LogP contribution in [-0.2, 0) is 16.1 Å². The van der Waals surface area contributed by atoms with Crippen molar-refractivity contribution in [2.75, 3.05) is 0 Å². The Hall–Kier alpha value is -1.62. The van der Waals surface area contributed by atoms with Crippen LogP contribution in [0.25, 0.3) is 11.1 Å². The third-order valence-electron chi connectivity index (χ3n) is 2.65. The van der Waals surface area contributed by atoms with E-state index in [0.717, 1.165) is 11.1 Å². The number of carbonyl (C=O) groups excluding carboxylic acids is 1. The van der Waals surface area contributed by atoms with Crippen LogP contribution in [0.4, 0.5) is 0 Å². The molecule has 0 N–H and O–H groups in total. The summed E-state index contributed by atoms with van der Waals surface area (Å²) in [5.41, 5.74) is 3.28. The van der Waals surface area contributed by atoms with Gasteiger partial charge in [0.25, 0.3) is 0 Å². The van der Waals surface area contributed by atoms with Crippen molar-refractivity contribution in [3.63, 3.8) is 0 Å². The summed E-state index contributed by atoms with van der Waals surface area (Å²) < 4.78 is 5.48. The topological polar surface area (TPSA) is 26.3 Å². The lowest BCUT2D eigenvalue weighted by Gasteiger charge is -2.05. The van der Waals surface area contributed by atoms with Gasteiger partial charge in [0.15, 0.2) is 0 Å². The Morgan fingerprint density at radius 2 is 1.58 bits per heavy atom. The normalized spacial score (nSPS) is 9.95. The molecule has 0 radical (unpaired) electrons. The van der Waals surface area contributed by atoms with Crippen molar-refractivity contribution in [2.24, 2.45) is 0 Å². The number of esters is 1. The minimum Gasteiger partial charge on any atom is -0.457 e. The first kappa shape index (κ1) is 13.8. The molecule has 3 heteroatoms. The standard InChI is InChI=1S/C16H13IO2/c1-12(17)16(18)19-11-13-7-9-15(10-8-13)14-5-3-2-4-6-14/h2-10H,1,11H2. The van der Waals surface area contributed by atoms with Gasteiger partial charge >= 0.3 is 5.97 Å². The zero-order chi connectivity index (χ0) is 13.7. The highest BCUT2D eigenvalue weighted by atomic mass is 127. The molecule has 0 saturated heterocycles. The molecule has 0 fully saturated rings. The lowest BCUT2D eigenvalue weighted by Crippen LogP contribution is -2.03. The molecular formula is C16H13IO2. The van der Waals surface area contributed by atoms with Crippen molar-refractivity contribution < 1.29 is 9.53 Å². The van der Waals surface area contributed by atoms with Gasteiger partial charge in [-0.3, -0.25) is 0 Å². The maximum Gasteiger partial charge on any atom is 0.344 e. The van der Waals surface area contributed by atoms with E-state index >= 15 is 0 Å². The van der Waals surface area contributed by atoms with Gasteiger partial charge in [0, 0.05) is 0 Å². The van der Waals surface area contributed by atoms with Crippen LogP contribution >= 0.6 is 22.6 Å². The van der Waals surface area contributed by atoms with E-state index in [4.69, 9.17) is 4.74 Å². The first-order chi connectivity index (χ1) is 9.16. The monoisotopic (exact) mass is 364 g/mol. The SMILES string of the molecule is C=C(I)C(=O)OCc1ccc(-c2ccccc2)cc1. The Bertz CT molecular complexity index is 573. The van der Waals surface area contributed by atoms with E-state index in [9.17, 15) is 4.79 Å². The molecule has 0 saturated carbocycles. The fourth-order valence-corrected chi connectivity index (χ4v) is 1.81.